The van der Waals surface area contributed by atoms with Gasteiger partial charge < -0.3 is 14.8 Å². The van der Waals surface area contributed by atoms with Crippen LogP contribution in [0.4, 0.5) is 0 Å². The maximum Gasteiger partial charge on any atom is 0.125 e. The van der Waals surface area contributed by atoms with E-state index in [1.807, 2.05) is 0 Å². The van der Waals surface area contributed by atoms with Crippen LogP contribution in [-0.2, 0) is 4.74 Å². The summed E-state index contributed by atoms with van der Waals surface area (Å²) in [6, 6.07) is 4.31. The summed E-state index contributed by atoms with van der Waals surface area (Å²) < 4.78 is 11.4. The summed E-state index contributed by atoms with van der Waals surface area (Å²) in [5.74, 6) is 1.00. The summed E-state index contributed by atoms with van der Waals surface area (Å²) in [6.45, 7) is 12.5. The zero-order valence-corrected chi connectivity index (χ0v) is 13.4. The van der Waals surface area contributed by atoms with Crippen molar-refractivity contribution in [3.05, 3.63) is 28.8 Å². The molecule has 114 valence electrons. The second kappa shape index (κ2) is 9.78. The highest BCUT2D eigenvalue weighted by molar-refractivity contribution is 5.42. The minimum atomic E-state index is 0.611. The highest BCUT2D eigenvalue weighted by atomic mass is 16.5. The van der Waals surface area contributed by atoms with Crippen LogP contribution >= 0.6 is 0 Å². The Morgan fingerprint density at radius 3 is 2.30 bits per heavy atom. The van der Waals surface area contributed by atoms with Crippen molar-refractivity contribution >= 4 is 0 Å². The molecule has 1 N–H and O–H groups in total. The van der Waals surface area contributed by atoms with Gasteiger partial charge in [0.15, 0.2) is 0 Å². The number of unbranched alkanes of at least 4 members (excludes halogenated alkanes) is 1. The van der Waals surface area contributed by atoms with Gasteiger partial charge >= 0.3 is 0 Å². The zero-order valence-electron chi connectivity index (χ0n) is 13.4. The molecular weight excluding hydrogens is 250 g/mol. The van der Waals surface area contributed by atoms with Gasteiger partial charge in [-0.25, -0.2) is 0 Å². The van der Waals surface area contributed by atoms with Crippen LogP contribution in [0.2, 0.25) is 0 Å². The molecular formula is C17H29NO2. The summed E-state index contributed by atoms with van der Waals surface area (Å²) in [4.78, 5) is 0. The van der Waals surface area contributed by atoms with E-state index in [-0.39, 0.29) is 0 Å². The van der Waals surface area contributed by atoms with Crippen LogP contribution in [0.25, 0.3) is 0 Å². The van der Waals surface area contributed by atoms with Gasteiger partial charge in [0.1, 0.15) is 12.4 Å². The number of aryl methyl sites for hydroxylation is 3. The van der Waals surface area contributed by atoms with Gasteiger partial charge in [0.25, 0.3) is 0 Å². The fourth-order valence-corrected chi connectivity index (χ4v) is 2.27. The minimum absolute atomic E-state index is 0.611. The van der Waals surface area contributed by atoms with Gasteiger partial charge in [0.05, 0.1) is 13.2 Å². The van der Waals surface area contributed by atoms with Crippen LogP contribution in [0.15, 0.2) is 12.1 Å². The molecule has 0 atom stereocenters. The first-order valence-electron chi connectivity index (χ1n) is 7.64. The third-order valence-electron chi connectivity index (χ3n) is 3.21. The van der Waals surface area contributed by atoms with Gasteiger partial charge in [-0.05, 0) is 44.9 Å². The van der Waals surface area contributed by atoms with Crippen LogP contribution < -0.4 is 10.1 Å². The molecule has 1 aromatic carbocycles. The monoisotopic (exact) mass is 279 g/mol. The smallest absolute Gasteiger partial charge is 0.125 e. The zero-order chi connectivity index (χ0) is 14.8. The van der Waals surface area contributed by atoms with E-state index in [2.05, 4.69) is 45.1 Å². The molecule has 3 nitrogen and oxygen atoms in total. The van der Waals surface area contributed by atoms with Crippen LogP contribution in [0, 0.1) is 20.8 Å². The summed E-state index contributed by atoms with van der Waals surface area (Å²) in [5, 5.41) is 3.35. The summed E-state index contributed by atoms with van der Waals surface area (Å²) >= 11 is 0. The van der Waals surface area contributed by atoms with Gasteiger partial charge in [-0.2, -0.15) is 0 Å². The number of benzene rings is 1. The van der Waals surface area contributed by atoms with E-state index in [1.54, 1.807) is 0 Å². The second-order valence-corrected chi connectivity index (χ2v) is 5.29. The van der Waals surface area contributed by atoms with Crippen LogP contribution in [0.1, 0.15) is 36.5 Å². The Morgan fingerprint density at radius 1 is 0.950 bits per heavy atom. The maximum atomic E-state index is 5.82. The maximum absolute atomic E-state index is 5.82. The van der Waals surface area contributed by atoms with Crippen molar-refractivity contribution in [2.45, 2.75) is 40.5 Å². The predicted octanol–water partition coefficient (Wildman–Crippen LogP) is 3.40. The molecule has 0 radical (unpaired) electrons. The summed E-state index contributed by atoms with van der Waals surface area (Å²) in [7, 11) is 0. The Balaban J connectivity index is 2.13. The van der Waals surface area contributed by atoms with Gasteiger partial charge in [-0.15, -0.1) is 0 Å². The molecule has 1 rings (SSSR count). The molecule has 1 aromatic rings. The molecule has 0 aromatic heterocycles. The topological polar surface area (TPSA) is 30.5 Å². The Bertz CT molecular complexity index is 368. The fourth-order valence-electron chi connectivity index (χ4n) is 2.27. The van der Waals surface area contributed by atoms with E-state index in [1.165, 1.54) is 29.5 Å². The number of hydrogen-bond acceptors (Lipinski definition) is 3. The number of hydrogen-bond donors (Lipinski definition) is 1. The van der Waals surface area contributed by atoms with E-state index >= 15 is 0 Å². The van der Waals surface area contributed by atoms with Crippen LogP contribution in [-0.4, -0.2) is 32.9 Å². The largest absolute Gasteiger partial charge is 0.491 e. The van der Waals surface area contributed by atoms with Crippen molar-refractivity contribution in [1.82, 2.24) is 5.32 Å². The lowest BCUT2D eigenvalue weighted by Gasteiger charge is -2.13. The molecule has 0 amide bonds. The Hall–Kier alpha value is -1.06. The third kappa shape index (κ3) is 6.40. The molecule has 0 saturated heterocycles. The number of rotatable bonds is 10. The first-order chi connectivity index (χ1) is 9.65. The van der Waals surface area contributed by atoms with Gasteiger partial charge in [-0.1, -0.05) is 31.0 Å². The van der Waals surface area contributed by atoms with Crippen molar-refractivity contribution < 1.29 is 9.47 Å². The summed E-state index contributed by atoms with van der Waals surface area (Å²) in [6.07, 6.45) is 2.46. The fraction of sp³-hybridized carbons (Fsp3) is 0.647. The van der Waals surface area contributed by atoms with Crippen molar-refractivity contribution in [2.24, 2.45) is 0 Å². The molecule has 20 heavy (non-hydrogen) atoms. The highest BCUT2D eigenvalue weighted by Gasteiger charge is 2.04. The lowest BCUT2D eigenvalue weighted by molar-refractivity contribution is 0.101. The average Bonchev–Trinajstić information content (AvgIpc) is 2.39. The Kier molecular flexibility index (Phi) is 8.31. The van der Waals surface area contributed by atoms with Gasteiger partial charge in [-0.3, -0.25) is 0 Å². The summed E-state index contributed by atoms with van der Waals surface area (Å²) in [5.41, 5.74) is 3.68. The number of nitrogens with one attached hydrogen (secondary N) is 1. The highest BCUT2D eigenvalue weighted by Crippen LogP contribution is 2.24. The Morgan fingerprint density at radius 2 is 1.65 bits per heavy atom. The van der Waals surface area contributed by atoms with E-state index < -0.39 is 0 Å². The molecule has 0 bridgehead atoms. The molecule has 0 saturated carbocycles. The van der Waals surface area contributed by atoms with E-state index in [0.717, 1.165) is 25.4 Å². The SMILES string of the molecule is CCCCNCCOCCOc1c(C)cc(C)cc1C. The van der Waals surface area contributed by atoms with Crippen molar-refractivity contribution in [2.75, 3.05) is 32.9 Å². The second-order valence-electron chi connectivity index (χ2n) is 5.29. The van der Waals surface area contributed by atoms with Crippen LogP contribution in [0.5, 0.6) is 5.75 Å². The molecule has 0 fully saturated rings. The van der Waals surface area contributed by atoms with Crippen LogP contribution in [0.3, 0.4) is 0 Å². The minimum Gasteiger partial charge on any atom is -0.491 e. The van der Waals surface area contributed by atoms with E-state index in [0.29, 0.717) is 13.2 Å². The van der Waals surface area contributed by atoms with Crippen molar-refractivity contribution in [3.63, 3.8) is 0 Å². The van der Waals surface area contributed by atoms with Gasteiger partial charge in [0.2, 0.25) is 0 Å². The van der Waals surface area contributed by atoms with Gasteiger partial charge in [0, 0.05) is 6.54 Å². The molecule has 3 heteroatoms. The molecule has 0 heterocycles. The average molecular weight is 279 g/mol. The van der Waals surface area contributed by atoms with Crippen molar-refractivity contribution in [1.29, 1.82) is 0 Å². The predicted molar refractivity (Wildman–Crippen MR) is 84.7 cm³/mol. The van der Waals surface area contributed by atoms with E-state index in [4.69, 9.17) is 9.47 Å². The van der Waals surface area contributed by atoms with E-state index in [9.17, 15) is 0 Å². The Labute approximate surface area is 123 Å². The quantitative estimate of drug-likeness (QED) is 0.666. The van der Waals surface area contributed by atoms with Crippen molar-refractivity contribution in [3.8, 4) is 5.75 Å². The lowest BCUT2D eigenvalue weighted by atomic mass is 10.1. The molecule has 0 unspecified atom stereocenters. The molecule has 0 spiro atoms. The normalized spacial score (nSPS) is 10.8. The molecule has 0 aliphatic carbocycles. The third-order valence-corrected chi connectivity index (χ3v) is 3.21. The first kappa shape index (κ1) is 17.0. The molecule has 0 aliphatic rings. The number of ether oxygens (including phenoxy) is 2. The molecule has 0 aliphatic heterocycles. The lowest BCUT2D eigenvalue weighted by Crippen LogP contribution is -2.21. The standard InChI is InChI=1S/C17H29NO2/c1-5-6-7-18-8-9-19-10-11-20-17-15(3)12-14(2)13-16(17)4/h12-13,18H,5-11H2,1-4H3. The first-order valence-corrected chi connectivity index (χ1v) is 7.64.